The molecule has 3 aromatic rings. The van der Waals surface area contributed by atoms with E-state index in [0.29, 0.717) is 6.42 Å². The van der Waals surface area contributed by atoms with E-state index in [9.17, 15) is 9.59 Å². The summed E-state index contributed by atoms with van der Waals surface area (Å²) in [6.45, 7) is 1.48. The molecule has 24 heavy (non-hydrogen) atoms. The molecule has 5 nitrogen and oxygen atoms in total. The van der Waals surface area contributed by atoms with Gasteiger partial charge >= 0.3 is 5.97 Å². The Balaban J connectivity index is 2.01. The van der Waals surface area contributed by atoms with Gasteiger partial charge in [0.05, 0.1) is 5.52 Å². The molecule has 0 fully saturated rings. The highest BCUT2D eigenvalue weighted by Crippen LogP contribution is 2.31. The molecule has 0 saturated heterocycles. The van der Waals surface area contributed by atoms with Gasteiger partial charge < -0.3 is 15.4 Å². The van der Waals surface area contributed by atoms with Crippen molar-refractivity contribution in [3.05, 3.63) is 54.2 Å². The summed E-state index contributed by atoms with van der Waals surface area (Å²) in [4.78, 5) is 25.3. The van der Waals surface area contributed by atoms with Crippen molar-refractivity contribution in [3.8, 4) is 11.1 Å². The number of aryl methyl sites for hydroxylation is 1. The molecule has 0 aliphatic rings. The topological polar surface area (TPSA) is 82.2 Å². The average molecular weight is 322 g/mol. The van der Waals surface area contributed by atoms with Gasteiger partial charge in [0.1, 0.15) is 0 Å². The van der Waals surface area contributed by atoms with Crippen molar-refractivity contribution in [1.82, 2.24) is 4.98 Å². The number of carboxylic acid groups (broad SMARTS) is 1. The maximum absolute atomic E-state index is 11.2. The van der Waals surface area contributed by atoms with Crippen LogP contribution in [0.5, 0.6) is 0 Å². The summed E-state index contributed by atoms with van der Waals surface area (Å²) in [5.74, 6) is -0.912. The zero-order valence-electron chi connectivity index (χ0n) is 13.3. The average Bonchev–Trinajstić information content (AvgIpc) is 2.95. The summed E-state index contributed by atoms with van der Waals surface area (Å²) in [5.41, 5.74) is 4.71. The van der Waals surface area contributed by atoms with Crippen LogP contribution in [0.25, 0.3) is 22.0 Å². The van der Waals surface area contributed by atoms with E-state index in [1.807, 2.05) is 48.7 Å². The third-order valence-corrected chi connectivity index (χ3v) is 3.90. The molecule has 122 valence electrons. The second kappa shape index (κ2) is 6.58. The van der Waals surface area contributed by atoms with Crippen molar-refractivity contribution in [2.75, 3.05) is 5.32 Å². The minimum atomic E-state index is -0.802. The molecule has 0 aliphatic carbocycles. The molecule has 0 saturated carbocycles. The lowest BCUT2D eigenvalue weighted by Gasteiger charge is -2.07. The Morgan fingerprint density at radius 1 is 1.17 bits per heavy atom. The van der Waals surface area contributed by atoms with Crippen molar-refractivity contribution >= 4 is 28.5 Å². The van der Waals surface area contributed by atoms with Gasteiger partial charge in [-0.15, -0.1) is 0 Å². The Bertz CT molecular complexity index is 912. The van der Waals surface area contributed by atoms with Gasteiger partial charge in [-0.3, -0.25) is 9.59 Å². The zero-order valence-corrected chi connectivity index (χ0v) is 13.3. The quantitative estimate of drug-likeness (QED) is 0.668. The molecule has 0 aliphatic heterocycles. The third kappa shape index (κ3) is 3.30. The first kappa shape index (κ1) is 15.8. The smallest absolute Gasteiger partial charge is 0.303 e. The molecular formula is C19H18N2O3. The van der Waals surface area contributed by atoms with Crippen LogP contribution >= 0.6 is 0 Å². The van der Waals surface area contributed by atoms with E-state index in [4.69, 9.17) is 5.11 Å². The number of carbonyl (C=O) groups excluding carboxylic acids is 1. The molecule has 0 atom stereocenters. The van der Waals surface area contributed by atoms with Crippen molar-refractivity contribution in [2.24, 2.45) is 0 Å². The van der Waals surface area contributed by atoms with Gasteiger partial charge in [-0.25, -0.2) is 0 Å². The van der Waals surface area contributed by atoms with E-state index in [-0.39, 0.29) is 12.3 Å². The standard InChI is InChI=1S/C19H18N2O3/c1-12(22)21-15-5-2-4-13(10-15)16-6-3-7-17-14(8-9-18(23)24)11-20-19(16)17/h2-7,10-11,20H,8-9H2,1H3,(H,21,22)(H,23,24). The second-order valence-corrected chi connectivity index (χ2v) is 5.70. The number of para-hydroxylation sites is 1. The number of aliphatic carboxylic acids is 1. The number of carboxylic acids is 1. The van der Waals surface area contributed by atoms with Crippen molar-refractivity contribution < 1.29 is 14.7 Å². The van der Waals surface area contributed by atoms with Gasteiger partial charge in [0.2, 0.25) is 5.91 Å². The monoisotopic (exact) mass is 322 g/mol. The van der Waals surface area contributed by atoms with E-state index >= 15 is 0 Å². The molecular weight excluding hydrogens is 304 g/mol. The zero-order chi connectivity index (χ0) is 17.1. The number of hydrogen-bond acceptors (Lipinski definition) is 2. The predicted octanol–water partition coefficient (Wildman–Crippen LogP) is 3.81. The number of rotatable bonds is 5. The summed E-state index contributed by atoms with van der Waals surface area (Å²) >= 11 is 0. The third-order valence-electron chi connectivity index (χ3n) is 3.90. The molecule has 1 amide bonds. The van der Waals surface area contributed by atoms with Gasteiger partial charge in [0.15, 0.2) is 0 Å². The van der Waals surface area contributed by atoms with E-state index in [0.717, 1.165) is 33.3 Å². The van der Waals surface area contributed by atoms with E-state index in [1.165, 1.54) is 6.92 Å². The number of nitrogens with one attached hydrogen (secondary N) is 2. The van der Waals surface area contributed by atoms with Crippen LogP contribution in [0.1, 0.15) is 18.9 Å². The molecule has 1 aromatic heterocycles. The van der Waals surface area contributed by atoms with Crippen LogP contribution < -0.4 is 5.32 Å². The Morgan fingerprint density at radius 3 is 2.71 bits per heavy atom. The van der Waals surface area contributed by atoms with Crippen LogP contribution in [0.2, 0.25) is 0 Å². The molecule has 2 aromatic carbocycles. The Morgan fingerprint density at radius 2 is 1.96 bits per heavy atom. The number of fused-ring (bicyclic) bond motifs is 1. The molecule has 0 spiro atoms. The Labute approximate surface area is 139 Å². The summed E-state index contributed by atoms with van der Waals surface area (Å²) in [5, 5.41) is 12.7. The Kier molecular flexibility index (Phi) is 4.33. The molecule has 3 N–H and O–H groups in total. The van der Waals surface area contributed by atoms with Crippen molar-refractivity contribution in [3.63, 3.8) is 0 Å². The number of amides is 1. The van der Waals surface area contributed by atoms with Crippen LogP contribution in [-0.4, -0.2) is 22.0 Å². The van der Waals surface area contributed by atoms with Gasteiger partial charge in [-0.1, -0.05) is 30.3 Å². The first-order valence-electron chi connectivity index (χ1n) is 7.73. The number of carbonyl (C=O) groups is 2. The Hall–Kier alpha value is -3.08. The number of aromatic amines is 1. The van der Waals surface area contributed by atoms with Gasteiger partial charge in [-0.2, -0.15) is 0 Å². The van der Waals surface area contributed by atoms with Crippen LogP contribution in [0.15, 0.2) is 48.7 Å². The van der Waals surface area contributed by atoms with Gasteiger partial charge in [0.25, 0.3) is 0 Å². The molecule has 0 radical (unpaired) electrons. The molecule has 5 heteroatoms. The highest BCUT2D eigenvalue weighted by atomic mass is 16.4. The molecule has 0 unspecified atom stereocenters. The maximum atomic E-state index is 11.2. The highest BCUT2D eigenvalue weighted by molar-refractivity contribution is 5.97. The lowest BCUT2D eigenvalue weighted by atomic mass is 10.0. The predicted molar refractivity (Wildman–Crippen MR) is 94.0 cm³/mol. The fourth-order valence-corrected chi connectivity index (χ4v) is 2.87. The second-order valence-electron chi connectivity index (χ2n) is 5.70. The molecule has 0 bridgehead atoms. The number of benzene rings is 2. The first-order valence-corrected chi connectivity index (χ1v) is 7.73. The highest BCUT2D eigenvalue weighted by Gasteiger charge is 2.10. The van der Waals surface area contributed by atoms with E-state index < -0.39 is 5.97 Å². The lowest BCUT2D eigenvalue weighted by Crippen LogP contribution is -2.05. The van der Waals surface area contributed by atoms with Crippen LogP contribution in [0, 0.1) is 0 Å². The van der Waals surface area contributed by atoms with Crippen molar-refractivity contribution in [2.45, 2.75) is 19.8 Å². The number of aromatic nitrogens is 1. The first-order chi connectivity index (χ1) is 11.5. The summed E-state index contributed by atoms with van der Waals surface area (Å²) in [6.07, 6.45) is 2.47. The number of anilines is 1. The normalized spacial score (nSPS) is 10.7. The lowest BCUT2D eigenvalue weighted by molar-refractivity contribution is -0.137. The number of hydrogen-bond donors (Lipinski definition) is 3. The van der Waals surface area contributed by atoms with Gasteiger partial charge in [0, 0.05) is 36.2 Å². The summed E-state index contributed by atoms with van der Waals surface area (Å²) < 4.78 is 0. The van der Waals surface area contributed by atoms with Crippen LogP contribution in [0.3, 0.4) is 0 Å². The van der Waals surface area contributed by atoms with E-state index in [1.54, 1.807) is 0 Å². The van der Waals surface area contributed by atoms with Crippen LogP contribution in [0.4, 0.5) is 5.69 Å². The van der Waals surface area contributed by atoms with Crippen LogP contribution in [-0.2, 0) is 16.0 Å². The largest absolute Gasteiger partial charge is 0.481 e. The minimum Gasteiger partial charge on any atom is -0.481 e. The molecule has 1 heterocycles. The minimum absolute atomic E-state index is 0.106. The summed E-state index contributed by atoms with van der Waals surface area (Å²) in [6, 6.07) is 13.6. The van der Waals surface area contributed by atoms with E-state index in [2.05, 4.69) is 10.3 Å². The van der Waals surface area contributed by atoms with Crippen molar-refractivity contribution in [1.29, 1.82) is 0 Å². The van der Waals surface area contributed by atoms with Gasteiger partial charge in [-0.05, 0) is 29.7 Å². The summed E-state index contributed by atoms with van der Waals surface area (Å²) in [7, 11) is 0. The number of H-pyrrole nitrogens is 1. The maximum Gasteiger partial charge on any atom is 0.303 e. The SMILES string of the molecule is CC(=O)Nc1cccc(-c2cccc3c(CCC(=O)O)c[nH]c23)c1. The fourth-order valence-electron chi connectivity index (χ4n) is 2.87. The fraction of sp³-hybridized carbons (Fsp3) is 0.158. The molecule has 3 rings (SSSR count).